The number of aromatic nitrogens is 1. The summed E-state index contributed by atoms with van der Waals surface area (Å²) in [5, 5.41) is 3.06. The van der Waals surface area contributed by atoms with E-state index in [1.54, 1.807) is 12.3 Å². The molecule has 100 valence electrons. The van der Waals surface area contributed by atoms with E-state index in [1.807, 2.05) is 19.2 Å². The molecule has 2 rings (SSSR count). The van der Waals surface area contributed by atoms with Crippen molar-refractivity contribution >= 4 is 15.9 Å². The summed E-state index contributed by atoms with van der Waals surface area (Å²) in [6.45, 7) is 1.09. The average Bonchev–Trinajstić information content (AvgIpc) is 2.42. The van der Waals surface area contributed by atoms with Gasteiger partial charge in [0.2, 0.25) is 0 Å². The molecule has 0 aliphatic heterocycles. The van der Waals surface area contributed by atoms with Crippen molar-refractivity contribution < 1.29 is 9.13 Å². The van der Waals surface area contributed by atoms with E-state index in [1.165, 1.54) is 12.1 Å². The molecule has 19 heavy (non-hydrogen) atoms. The molecule has 1 N–H and O–H groups in total. The molecular formula is C14H14BrFN2O. The summed E-state index contributed by atoms with van der Waals surface area (Å²) < 4.78 is 19.3. The molecule has 3 nitrogen and oxygen atoms in total. The summed E-state index contributed by atoms with van der Waals surface area (Å²) in [4.78, 5) is 4.29. The van der Waals surface area contributed by atoms with Crippen LogP contribution >= 0.6 is 15.9 Å². The van der Waals surface area contributed by atoms with Crippen LogP contribution in [-0.2, 0) is 13.2 Å². The highest BCUT2D eigenvalue weighted by atomic mass is 79.9. The van der Waals surface area contributed by atoms with Gasteiger partial charge in [-0.3, -0.25) is 4.98 Å². The van der Waals surface area contributed by atoms with Crippen molar-refractivity contribution in [1.29, 1.82) is 0 Å². The Morgan fingerprint density at radius 2 is 2.16 bits per heavy atom. The van der Waals surface area contributed by atoms with Crippen molar-refractivity contribution in [3.8, 4) is 5.75 Å². The van der Waals surface area contributed by atoms with Crippen molar-refractivity contribution in [2.45, 2.75) is 13.2 Å². The van der Waals surface area contributed by atoms with E-state index in [2.05, 4.69) is 26.2 Å². The van der Waals surface area contributed by atoms with Gasteiger partial charge in [-0.05, 0) is 46.7 Å². The second-order valence-corrected chi connectivity index (χ2v) is 4.91. The molecule has 5 heteroatoms. The summed E-state index contributed by atoms with van der Waals surface area (Å²) >= 11 is 3.32. The second kappa shape index (κ2) is 6.63. The molecule has 0 saturated heterocycles. The first-order chi connectivity index (χ1) is 9.19. The van der Waals surface area contributed by atoms with Crippen molar-refractivity contribution in [1.82, 2.24) is 10.3 Å². The lowest BCUT2D eigenvalue weighted by atomic mass is 10.2. The molecule has 1 aromatic carbocycles. The van der Waals surface area contributed by atoms with Gasteiger partial charge in [0.15, 0.2) is 0 Å². The molecular weight excluding hydrogens is 311 g/mol. The zero-order chi connectivity index (χ0) is 13.7. The summed E-state index contributed by atoms with van der Waals surface area (Å²) in [6, 6.07) is 8.23. The van der Waals surface area contributed by atoms with Gasteiger partial charge in [-0.15, -0.1) is 0 Å². The number of nitrogens with one attached hydrogen (secondary N) is 1. The lowest BCUT2D eigenvalue weighted by molar-refractivity contribution is 0.298. The number of benzene rings is 1. The van der Waals surface area contributed by atoms with E-state index >= 15 is 0 Å². The third-order valence-corrected chi connectivity index (χ3v) is 3.19. The monoisotopic (exact) mass is 324 g/mol. The zero-order valence-electron chi connectivity index (χ0n) is 10.5. The highest BCUT2D eigenvalue weighted by molar-refractivity contribution is 9.10. The summed E-state index contributed by atoms with van der Waals surface area (Å²) in [5.74, 6) is 0.150. The number of hydrogen-bond acceptors (Lipinski definition) is 3. The van der Waals surface area contributed by atoms with Crippen molar-refractivity contribution in [2.24, 2.45) is 0 Å². The maximum absolute atomic E-state index is 13.1. The smallest absolute Gasteiger partial charge is 0.136 e. The summed E-state index contributed by atoms with van der Waals surface area (Å²) in [7, 11) is 1.89. The van der Waals surface area contributed by atoms with E-state index < -0.39 is 0 Å². The molecule has 0 aliphatic carbocycles. The van der Waals surface area contributed by atoms with Crippen LogP contribution in [0.25, 0.3) is 0 Å². The first kappa shape index (κ1) is 14.0. The lowest BCUT2D eigenvalue weighted by Crippen LogP contribution is -2.06. The minimum Gasteiger partial charge on any atom is -0.486 e. The Kier molecular flexibility index (Phi) is 4.87. The Labute approximate surface area is 119 Å². The molecule has 2 aromatic rings. The highest BCUT2D eigenvalue weighted by Gasteiger charge is 2.04. The molecule has 0 atom stereocenters. The van der Waals surface area contributed by atoms with Gasteiger partial charge >= 0.3 is 0 Å². The Morgan fingerprint density at radius 1 is 1.32 bits per heavy atom. The second-order valence-electron chi connectivity index (χ2n) is 4.05. The van der Waals surface area contributed by atoms with E-state index in [0.29, 0.717) is 12.4 Å². The standard InChI is InChI=1S/C14H14BrFN2O/c1-17-7-10-2-4-12(18-8-10)9-19-14-6-11(16)3-5-13(14)15/h2-6,8,17H,7,9H2,1H3. The van der Waals surface area contributed by atoms with Crippen molar-refractivity contribution in [3.05, 3.63) is 58.1 Å². The van der Waals surface area contributed by atoms with Crippen LogP contribution in [0.5, 0.6) is 5.75 Å². The Hall–Kier alpha value is -1.46. The summed E-state index contributed by atoms with van der Waals surface area (Å²) in [6.07, 6.45) is 1.80. The molecule has 0 aliphatic rings. The molecule has 0 radical (unpaired) electrons. The van der Waals surface area contributed by atoms with Crippen LogP contribution in [0.3, 0.4) is 0 Å². The SMILES string of the molecule is CNCc1ccc(COc2cc(F)ccc2Br)nc1. The number of hydrogen-bond donors (Lipinski definition) is 1. The zero-order valence-corrected chi connectivity index (χ0v) is 12.1. The number of pyridine rings is 1. The maximum Gasteiger partial charge on any atom is 0.136 e. The van der Waals surface area contributed by atoms with Gasteiger partial charge in [0.25, 0.3) is 0 Å². The third kappa shape index (κ3) is 4.01. The predicted octanol–water partition coefficient (Wildman–Crippen LogP) is 3.28. The molecule has 1 heterocycles. The van der Waals surface area contributed by atoms with Gasteiger partial charge in [-0.1, -0.05) is 6.07 Å². The first-order valence-electron chi connectivity index (χ1n) is 5.85. The Morgan fingerprint density at radius 3 is 2.84 bits per heavy atom. The fraction of sp³-hybridized carbons (Fsp3) is 0.214. The Bertz CT molecular complexity index is 546. The fourth-order valence-corrected chi connectivity index (χ4v) is 1.95. The molecule has 0 saturated carbocycles. The van der Waals surface area contributed by atoms with Crippen LogP contribution in [0.1, 0.15) is 11.3 Å². The molecule has 1 aromatic heterocycles. The van der Waals surface area contributed by atoms with Crippen LogP contribution in [0.4, 0.5) is 4.39 Å². The van der Waals surface area contributed by atoms with Crippen LogP contribution < -0.4 is 10.1 Å². The van der Waals surface area contributed by atoms with Gasteiger partial charge in [0.05, 0.1) is 10.2 Å². The first-order valence-corrected chi connectivity index (χ1v) is 6.64. The van der Waals surface area contributed by atoms with Crippen molar-refractivity contribution in [2.75, 3.05) is 7.05 Å². The lowest BCUT2D eigenvalue weighted by Gasteiger charge is -2.08. The topological polar surface area (TPSA) is 34.1 Å². The van der Waals surface area contributed by atoms with E-state index in [4.69, 9.17) is 4.74 Å². The van der Waals surface area contributed by atoms with E-state index in [-0.39, 0.29) is 5.82 Å². The molecule has 0 fully saturated rings. The quantitative estimate of drug-likeness (QED) is 0.916. The van der Waals surface area contributed by atoms with Gasteiger partial charge in [0, 0.05) is 18.8 Å². The number of ether oxygens (including phenoxy) is 1. The number of halogens is 2. The highest BCUT2D eigenvalue weighted by Crippen LogP contribution is 2.26. The molecule has 0 amide bonds. The summed E-state index contributed by atoms with van der Waals surface area (Å²) in [5.41, 5.74) is 1.91. The van der Waals surface area contributed by atoms with Crippen LogP contribution in [0.2, 0.25) is 0 Å². The van der Waals surface area contributed by atoms with Gasteiger partial charge in [-0.2, -0.15) is 0 Å². The van der Waals surface area contributed by atoms with Crippen LogP contribution in [0, 0.1) is 5.82 Å². The number of rotatable bonds is 5. The fourth-order valence-electron chi connectivity index (χ4n) is 1.59. The van der Waals surface area contributed by atoms with Gasteiger partial charge < -0.3 is 10.1 Å². The largest absolute Gasteiger partial charge is 0.486 e. The Balaban J connectivity index is 2.00. The van der Waals surface area contributed by atoms with Crippen LogP contribution in [0.15, 0.2) is 41.0 Å². The molecule has 0 spiro atoms. The minimum atomic E-state index is -0.324. The van der Waals surface area contributed by atoms with Gasteiger partial charge in [-0.25, -0.2) is 4.39 Å². The molecule has 0 bridgehead atoms. The average molecular weight is 325 g/mol. The van der Waals surface area contributed by atoms with Gasteiger partial charge in [0.1, 0.15) is 18.2 Å². The normalized spacial score (nSPS) is 10.5. The minimum absolute atomic E-state index is 0.307. The van der Waals surface area contributed by atoms with E-state index in [9.17, 15) is 4.39 Å². The van der Waals surface area contributed by atoms with E-state index in [0.717, 1.165) is 22.3 Å². The number of nitrogens with zero attached hydrogens (tertiary/aromatic N) is 1. The third-order valence-electron chi connectivity index (χ3n) is 2.54. The molecule has 0 unspecified atom stereocenters. The predicted molar refractivity (Wildman–Crippen MR) is 75.4 cm³/mol. The van der Waals surface area contributed by atoms with Crippen molar-refractivity contribution in [3.63, 3.8) is 0 Å². The van der Waals surface area contributed by atoms with Crippen LogP contribution in [-0.4, -0.2) is 12.0 Å². The maximum atomic E-state index is 13.1.